The van der Waals surface area contributed by atoms with E-state index < -0.39 is 28.1 Å². The van der Waals surface area contributed by atoms with Crippen LogP contribution in [0.3, 0.4) is 0 Å². The fraction of sp³-hybridized carbons (Fsp3) is 0.833. The van der Waals surface area contributed by atoms with Gasteiger partial charge in [0.15, 0.2) is 0 Å². The third kappa shape index (κ3) is 6.32. The van der Waals surface area contributed by atoms with Gasteiger partial charge in [0.2, 0.25) is 0 Å². The number of nitrogens with one attached hydrogen (secondary N) is 1. The SMILES string of the molecule is CCN(CC(C)C#N)S(=O)(=O)NC(CC(C)C)C(=O)O. The molecule has 116 valence electrons. The van der Waals surface area contributed by atoms with Gasteiger partial charge in [0.25, 0.3) is 10.2 Å². The van der Waals surface area contributed by atoms with Gasteiger partial charge in [-0.2, -0.15) is 22.7 Å². The highest BCUT2D eigenvalue weighted by molar-refractivity contribution is 7.87. The second kappa shape index (κ2) is 8.19. The number of carboxylic acids is 1. The highest BCUT2D eigenvalue weighted by Crippen LogP contribution is 2.09. The Hall–Kier alpha value is -1.17. The smallest absolute Gasteiger partial charge is 0.321 e. The summed E-state index contributed by atoms with van der Waals surface area (Å²) in [5.41, 5.74) is 0. The number of aliphatic carboxylic acids is 1. The third-order valence-electron chi connectivity index (χ3n) is 2.69. The number of hydrogen-bond acceptors (Lipinski definition) is 4. The Kier molecular flexibility index (Phi) is 7.71. The summed E-state index contributed by atoms with van der Waals surface area (Å²) in [5, 5.41) is 17.8. The van der Waals surface area contributed by atoms with E-state index in [1.165, 1.54) is 0 Å². The first-order valence-electron chi connectivity index (χ1n) is 6.53. The minimum Gasteiger partial charge on any atom is -0.480 e. The average molecular weight is 305 g/mol. The lowest BCUT2D eigenvalue weighted by molar-refractivity contribution is -0.139. The highest BCUT2D eigenvalue weighted by Gasteiger charge is 2.29. The lowest BCUT2D eigenvalue weighted by atomic mass is 10.1. The maximum atomic E-state index is 12.2. The standard InChI is InChI=1S/C12H23N3O4S/c1-5-15(8-10(4)7-13)20(18,19)14-11(12(16)17)6-9(2)3/h9-11,14H,5-6,8H2,1-4H3,(H,16,17). The van der Waals surface area contributed by atoms with E-state index in [4.69, 9.17) is 10.4 Å². The molecule has 2 N–H and O–H groups in total. The summed E-state index contributed by atoms with van der Waals surface area (Å²) in [6.07, 6.45) is 0.208. The normalized spacial score (nSPS) is 15.1. The van der Waals surface area contributed by atoms with Crippen molar-refractivity contribution >= 4 is 16.2 Å². The van der Waals surface area contributed by atoms with Gasteiger partial charge in [0, 0.05) is 13.1 Å². The third-order valence-corrected chi connectivity index (χ3v) is 4.36. The molecule has 0 aromatic heterocycles. The Bertz CT molecular complexity index is 456. The van der Waals surface area contributed by atoms with Crippen molar-refractivity contribution in [2.24, 2.45) is 11.8 Å². The molecule has 7 nitrogen and oxygen atoms in total. The largest absolute Gasteiger partial charge is 0.480 e. The second-order valence-corrected chi connectivity index (χ2v) is 6.83. The van der Waals surface area contributed by atoms with Crippen LogP contribution >= 0.6 is 0 Å². The molecule has 2 unspecified atom stereocenters. The van der Waals surface area contributed by atoms with Crippen molar-refractivity contribution in [2.45, 2.75) is 40.2 Å². The number of rotatable bonds is 9. The van der Waals surface area contributed by atoms with Crippen LogP contribution in [-0.4, -0.2) is 42.9 Å². The minimum absolute atomic E-state index is 0.0380. The zero-order chi connectivity index (χ0) is 15.9. The molecule has 0 aromatic carbocycles. The monoisotopic (exact) mass is 305 g/mol. The summed E-state index contributed by atoms with van der Waals surface area (Å²) in [7, 11) is -3.92. The van der Waals surface area contributed by atoms with Crippen LogP contribution in [0.4, 0.5) is 0 Å². The molecule has 0 aliphatic rings. The van der Waals surface area contributed by atoms with Gasteiger partial charge in [-0.25, -0.2) is 0 Å². The number of nitrogens with zero attached hydrogens (tertiary/aromatic N) is 2. The van der Waals surface area contributed by atoms with Crippen molar-refractivity contribution in [1.82, 2.24) is 9.03 Å². The number of carboxylic acid groups (broad SMARTS) is 1. The lowest BCUT2D eigenvalue weighted by Gasteiger charge is -2.24. The van der Waals surface area contributed by atoms with E-state index >= 15 is 0 Å². The van der Waals surface area contributed by atoms with Gasteiger partial charge in [0.1, 0.15) is 6.04 Å². The van der Waals surface area contributed by atoms with E-state index in [2.05, 4.69) is 4.72 Å². The quantitative estimate of drug-likeness (QED) is 0.654. The first-order chi connectivity index (χ1) is 9.13. The molecule has 0 aromatic rings. The van der Waals surface area contributed by atoms with Crippen LogP contribution in [0.2, 0.25) is 0 Å². The summed E-state index contributed by atoms with van der Waals surface area (Å²) in [4.78, 5) is 11.1. The molecule has 0 fully saturated rings. The van der Waals surface area contributed by atoms with Crippen molar-refractivity contribution in [1.29, 1.82) is 5.26 Å². The van der Waals surface area contributed by atoms with Crippen LogP contribution < -0.4 is 4.72 Å². The minimum atomic E-state index is -3.92. The Labute approximate surface area is 120 Å². The summed E-state index contributed by atoms with van der Waals surface area (Å²) in [5.74, 6) is -1.61. The summed E-state index contributed by atoms with van der Waals surface area (Å²) >= 11 is 0. The van der Waals surface area contributed by atoms with E-state index in [0.29, 0.717) is 0 Å². The summed E-state index contributed by atoms with van der Waals surface area (Å²) in [6, 6.07) is 0.799. The molecule has 0 aliphatic heterocycles. The van der Waals surface area contributed by atoms with Crippen molar-refractivity contribution in [3.63, 3.8) is 0 Å². The lowest BCUT2D eigenvalue weighted by Crippen LogP contribution is -2.49. The molecule has 0 radical (unpaired) electrons. The molecule has 0 bridgehead atoms. The average Bonchev–Trinajstić information content (AvgIpc) is 2.33. The maximum absolute atomic E-state index is 12.2. The predicted octanol–water partition coefficient (Wildman–Crippen LogP) is 0.802. The fourth-order valence-corrected chi connectivity index (χ4v) is 3.13. The molecular weight excluding hydrogens is 282 g/mol. The molecule has 0 rings (SSSR count). The van der Waals surface area contributed by atoms with Gasteiger partial charge in [-0.3, -0.25) is 4.79 Å². The van der Waals surface area contributed by atoms with Crippen LogP contribution in [0.15, 0.2) is 0 Å². The van der Waals surface area contributed by atoms with Gasteiger partial charge >= 0.3 is 5.97 Å². The predicted molar refractivity (Wildman–Crippen MR) is 75.0 cm³/mol. The molecule has 0 aliphatic carbocycles. The van der Waals surface area contributed by atoms with Crippen LogP contribution in [0.5, 0.6) is 0 Å². The van der Waals surface area contributed by atoms with E-state index in [1.807, 2.05) is 19.9 Å². The first kappa shape index (κ1) is 18.8. The molecule has 0 spiro atoms. The van der Waals surface area contributed by atoms with Crippen LogP contribution in [0.25, 0.3) is 0 Å². The van der Waals surface area contributed by atoms with E-state index in [0.717, 1.165) is 4.31 Å². The van der Waals surface area contributed by atoms with Gasteiger partial charge in [-0.05, 0) is 19.3 Å². The molecular formula is C12H23N3O4S. The van der Waals surface area contributed by atoms with Gasteiger partial charge in [0.05, 0.1) is 12.0 Å². The highest BCUT2D eigenvalue weighted by atomic mass is 32.2. The Morgan fingerprint density at radius 3 is 2.30 bits per heavy atom. The zero-order valence-electron chi connectivity index (χ0n) is 12.3. The van der Waals surface area contributed by atoms with Crippen LogP contribution in [-0.2, 0) is 15.0 Å². The van der Waals surface area contributed by atoms with Gasteiger partial charge in [-0.1, -0.05) is 20.8 Å². The van der Waals surface area contributed by atoms with E-state index in [-0.39, 0.29) is 25.4 Å². The summed E-state index contributed by atoms with van der Waals surface area (Å²) < 4.78 is 27.6. The van der Waals surface area contributed by atoms with E-state index in [1.54, 1.807) is 13.8 Å². The topological polar surface area (TPSA) is 111 Å². The van der Waals surface area contributed by atoms with Gasteiger partial charge < -0.3 is 5.11 Å². The molecule has 0 amide bonds. The van der Waals surface area contributed by atoms with Crippen LogP contribution in [0.1, 0.15) is 34.1 Å². The number of hydrogen-bond donors (Lipinski definition) is 2. The first-order valence-corrected chi connectivity index (χ1v) is 7.97. The van der Waals surface area contributed by atoms with Crippen LogP contribution in [0, 0.1) is 23.2 Å². The zero-order valence-corrected chi connectivity index (χ0v) is 13.1. The second-order valence-electron chi connectivity index (χ2n) is 5.12. The fourth-order valence-electron chi connectivity index (χ4n) is 1.67. The Morgan fingerprint density at radius 2 is 1.95 bits per heavy atom. The summed E-state index contributed by atoms with van der Waals surface area (Å²) in [6.45, 7) is 7.10. The molecule has 0 saturated heterocycles. The molecule has 8 heteroatoms. The Balaban J connectivity index is 5.00. The molecule has 0 heterocycles. The van der Waals surface area contributed by atoms with Gasteiger partial charge in [-0.15, -0.1) is 0 Å². The van der Waals surface area contributed by atoms with Crippen molar-refractivity contribution in [3.05, 3.63) is 0 Å². The van der Waals surface area contributed by atoms with E-state index in [9.17, 15) is 13.2 Å². The maximum Gasteiger partial charge on any atom is 0.321 e. The molecule has 2 atom stereocenters. The number of carbonyl (C=O) groups is 1. The Morgan fingerprint density at radius 1 is 1.40 bits per heavy atom. The van der Waals surface area contributed by atoms with Crippen molar-refractivity contribution in [2.75, 3.05) is 13.1 Å². The van der Waals surface area contributed by atoms with Crippen molar-refractivity contribution in [3.8, 4) is 6.07 Å². The van der Waals surface area contributed by atoms with Crippen molar-refractivity contribution < 1.29 is 18.3 Å². The number of nitriles is 1. The molecule has 20 heavy (non-hydrogen) atoms. The molecule has 0 saturated carbocycles.